The molecule has 22 heavy (non-hydrogen) atoms. The van der Waals surface area contributed by atoms with Crippen molar-refractivity contribution in [2.24, 2.45) is 0 Å². The van der Waals surface area contributed by atoms with Crippen LogP contribution in [0.5, 0.6) is 5.75 Å². The molecule has 0 saturated carbocycles. The summed E-state index contributed by atoms with van der Waals surface area (Å²) in [6.45, 7) is 6.54. The van der Waals surface area contributed by atoms with Gasteiger partial charge in [0.15, 0.2) is 6.10 Å². The minimum atomic E-state index is -0.466. The van der Waals surface area contributed by atoms with Gasteiger partial charge in [-0.2, -0.15) is 0 Å². The van der Waals surface area contributed by atoms with Crippen LogP contribution in [-0.2, 0) is 11.3 Å². The van der Waals surface area contributed by atoms with Crippen LogP contribution in [0.3, 0.4) is 0 Å². The normalized spacial score (nSPS) is 11.8. The number of hydrogen-bond donors (Lipinski definition) is 1. The first kappa shape index (κ1) is 16.1. The number of hydrogen-bond acceptors (Lipinski definition) is 2. The summed E-state index contributed by atoms with van der Waals surface area (Å²) in [6, 6.07) is 15.8. The van der Waals surface area contributed by atoms with Crippen molar-refractivity contribution < 1.29 is 9.53 Å². The summed E-state index contributed by atoms with van der Waals surface area (Å²) >= 11 is 0. The second-order valence-electron chi connectivity index (χ2n) is 5.47. The number of carbonyl (C=O) groups excluding carboxylic acids is 1. The lowest BCUT2D eigenvalue weighted by molar-refractivity contribution is -0.128. The summed E-state index contributed by atoms with van der Waals surface area (Å²) in [4.78, 5) is 12.3. The van der Waals surface area contributed by atoms with E-state index in [1.54, 1.807) is 0 Å². The quantitative estimate of drug-likeness (QED) is 0.881. The van der Waals surface area contributed by atoms with E-state index in [9.17, 15) is 4.79 Å². The van der Waals surface area contributed by atoms with E-state index in [4.69, 9.17) is 4.74 Å². The highest BCUT2D eigenvalue weighted by atomic mass is 16.5. The molecule has 1 amide bonds. The van der Waals surface area contributed by atoms with Gasteiger partial charge < -0.3 is 10.1 Å². The molecule has 0 spiro atoms. The van der Waals surface area contributed by atoms with Crippen LogP contribution in [0.2, 0.25) is 0 Å². The molecule has 1 atom stereocenters. The van der Waals surface area contributed by atoms with E-state index in [2.05, 4.69) is 5.32 Å². The molecule has 116 valence electrons. The van der Waals surface area contributed by atoms with Crippen LogP contribution in [0.1, 0.15) is 30.0 Å². The standard InChI is InChI=1S/C19H23NO2/c1-4-18(22-17-11-9-14(2)10-12-17)19(21)20-13-16-8-6-5-7-15(16)3/h5-12,18H,4,13H2,1-3H3,(H,20,21)/t18-/m0/s1. The lowest BCUT2D eigenvalue weighted by atomic mass is 10.1. The monoisotopic (exact) mass is 297 g/mol. The number of amides is 1. The highest BCUT2D eigenvalue weighted by Crippen LogP contribution is 2.15. The summed E-state index contributed by atoms with van der Waals surface area (Å²) in [6.07, 6.45) is 0.166. The van der Waals surface area contributed by atoms with Crippen LogP contribution in [0, 0.1) is 13.8 Å². The molecule has 0 aliphatic rings. The van der Waals surface area contributed by atoms with Crippen molar-refractivity contribution >= 4 is 5.91 Å². The van der Waals surface area contributed by atoms with E-state index in [1.165, 1.54) is 11.1 Å². The van der Waals surface area contributed by atoms with E-state index < -0.39 is 6.10 Å². The van der Waals surface area contributed by atoms with Crippen molar-refractivity contribution in [2.75, 3.05) is 0 Å². The van der Waals surface area contributed by atoms with Crippen LogP contribution >= 0.6 is 0 Å². The fourth-order valence-corrected chi connectivity index (χ4v) is 2.21. The first-order valence-corrected chi connectivity index (χ1v) is 7.65. The zero-order valence-corrected chi connectivity index (χ0v) is 13.4. The molecule has 0 heterocycles. The molecule has 3 nitrogen and oxygen atoms in total. The minimum absolute atomic E-state index is 0.0775. The van der Waals surface area contributed by atoms with Crippen molar-refractivity contribution in [1.29, 1.82) is 0 Å². The number of nitrogens with one attached hydrogen (secondary N) is 1. The van der Waals surface area contributed by atoms with Gasteiger partial charge in [0.25, 0.3) is 5.91 Å². The van der Waals surface area contributed by atoms with Crippen LogP contribution in [0.15, 0.2) is 48.5 Å². The summed E-state index contributed by atoms with van der Waals surface area (Å²) < 4.78 is 5.79. The highest BCUT2D eigenvalue weighted by molar-refractivity contribution is 5.81. The average molecular weight is 297 g/mol. The van der Waals surface area contributed by atoms with E-state index in [-0.39, 0.29) is 5.91 Å². The van der Waals surface area contributed by atoms with Crippen molar-refractivity contribution in [3.63, 3.8) is 0 Å². The number of ether oxygens (including phenoxy) is 1. The Morgan fingerprint density at radius 2 is 1.77 bits per heavy atom. The zero-order valence-electron chi connectivity index (χ0n) is 13.4. The SMILES string of the molecule is CC[C@H](Oc1ccc(C)cc1)C(=O)NCc1ccccc1C. The third-order valence-corrected chi connectivity index (χ3v) is 3.68. The van der Waals surface area contributed by atoms with Crippen LogP contribution in [0.4, 0.5) is 0 Å². The van der Waals surface area contributed by atoms with Gasteiger partial charge in [0, 0.05) is 6.54 Å². The highest BCUT2D eigenvalue weighted by Gasteiger charge is 2.18. The second kappa shape index (κ2) is 7.64. The maximum absolute atomic E-state index is 12.3. The van der Waals surface area contributed by atoms with Crippen LogP contribution < -0.4 is 10.1 Å². The van der Waals surface area contributed by atoms with E-state index in [0.717, 1.165) is 11.3 Å². The van der Waals surface area contributed by atoms with Gasteiger partial charge in [0.05, 0.1) is 0 Å². The summed E-state index contributed by atoms with van der Waals surface area (Å²) in [7, 11) is 0. The Kier molecular flexibility index (Phi) is 5.59. The summed E-state index contributed by atoms with van der Waals surface area (Å²) in [5.74, 6) is 0.648. The molecule has 2 rings (SSSR count). The largest absolute Gasteiger partial charge is 0.481 e. The molecule has 1 N–H and O–H groups in total. The van der Waals surface area contributed by atoms with Crippen molar-refractivity contribution in [2.45, 2.75) is 39.8 Å². The maximum atomic E-state index is 12.3. The van der Waals surface area contributed by atoms with Gasteiger partial charge in [-0.05, 0) is 43.5 Å². The molecule has 2 aromatic rings. The summed E-state index contributed by atoms with van der Waals surface area (Å²) in [5.41, 5.74) is 3.47. The average Bonchev–Trinajstić information content (AvgIpc) is 2.53. The van der Waals surface area contributed by atoms with E-state index in [1.807, 2.05) is 69.3 Å². The van der Waals surface area contributed by atoms with Gasteiger partial charge in [-0.15, -0.1) is 0 Å². The number of carbonyl (C=O) groups is 1. The van der Waals surface area contributed by atoms with Crippen molar-refractivity contribution in [3.05, 3.63) is 65.2 Å². The first-order valence-electron chi connectivity index (χ1n) is 7.65. The minimum Gasteiger partial charge on any atom is -0.481 e. The van der Waals surface area contributed by atoms with Crippen LogP contribution in [-0.4, -0.2) is 12.0 Å². The molecule has 0 aliphatic heterocycles. The van der Waals surface area contributed by atoms with E-state index in [0.29, 0.717) is 13.0 Å². The number of aryl methyl sites for hydroxylation is 2. The summed E-state index contributed by atoms with van der Waals surface area (Å²) in [5, 5.41) is 2.96. The predicted molar refractivity (Wildman–Crippen MR) is 88.9 cm³/mol. The lowest BCUT2D eigenvalue weighted by Crippen LogP contribution is -2.37. The molecule has 0 saturated heterocycles. The topological polar surface area (TPSA) is 38.3 Å². The third-order valence-electron chi connectivity index (χ3n) is 3.68. The fourth-order valence-electron chi connectivity index (χ4n) is 2.21. The Hall–Kier alpha value is -2.29. The Bertz CT molecular complexity index is 620. The van der Waals surface area contributed by atoms with Gasteiger partial charge in [-0.25, -0.2) is 0 Å². The molecule has 0 bridgehead atoms. The third kappa shape index (κ3) is 4.35. The molecule has 0 aliphatic carbocycles. The van der Waals surface area contributed by atoms with Gasteiger partial charge in [0.2, 0.25) is 0 Å². The van der Waals surface area contributed by atoms with Crippen LogP contribution in [0.25, 0.3) is 0 Å². The predicted octanol–water partition coefficient (Wildman–Crippen LogP) is 3.78. The second-order valence-corrected chi connectivity index (χ2v) is 5.47. The number of rotatable bonds is 6. The lowest BCUT2D eigenvalue weighted by Gasteiger charge is -2.18. The Labute approximate surface area is 132 Å². The molecule has 2 aromatic carbocycles. The first-order chi connectivity index (χ1) is 10.6. The molecular formula is C19H23NO2. The Morgan fingerprint density at radius 1 is 1.09 bits per heavy atom. The fraction of sp³-hybridized carbons (Fsp3) is 0.316. The molecule has 0 fully saturated rings. The number of benzene rings is 2. The maximum Gasteiger partial charge on any atom is 0.261 e. The molecule has 0 aromatic heterocycles. The molecule has 3 heteroatoms. The Balaban J connectivity index is 1.94. The van der Waals surface area contributed by atoms with Crippen molar-refractivity contribution in [3.8, 4) is 5.75 Å². The van der Waals surface area contributed by atoms with Gasteiger partial charge in [0.1, 0.15) is 5.75 Å². The van der Waals surface area contributed by atoms with Gasteiger partial charge in [-0.3, -0.25) is 4.79 Å². The smallest absolute Gasteiger partial charge is 0.261 e. The van der Waals surface area contributed by atoms with Gasteiger partial charge in [-0.1, -0.05) is 48.9 Å². The molecule has 0 unspecified atom stereocenters. The Morgan fingerprint density at radius 3 is 2.41 bits per heavy atom. The van der Waals surface area contributed by atoms with E-state index >= 15 is 0 Å². The molecule has 0 radical (unpaired) electrons. The zero-order chi connectivity index (χ0) is 15.9. The van der Waals surface area contributed by atoms with Gasteiger partial charge >= 0.3 is 0 Å². The molecular weight excluding hydrogens is 274 g/mol. The van der Waals surface area contributed by atoms with Crippen molar-refractivity contribution in [1.82, 2.24) is 5.32 Å².